The first-order chi connectivity index (χ1) is 53.1. The highest BCUT2D eigenvalue weighted by atomic mass is 15.1. The number of benzene rings is 15. The molecule has 0 aromatic heterocycles. The maximum absolute atomic E-state index is 6.61. The molecule has 2 nitrogen and oxygen atoms in total. The minimum atomic E-state index is 0.548. The molecule has 15 rings (SSSR count). The van der Waals surface area contributed by atoms with Gasteiger partial charge in [0.15, 0.2) is 0 Å². The minimum Gasteiger partial charge on any atom is -0.310 e. The number of hydrogen-bond acceptors (Lipinski definition) is 2. The standard InChI is InChI=1S/C106H60N2/c1-11-71-38-33-51-94(89(71)16-6)78-62-77(76-56-59-99(97-54-36-41-74(14-4)92(97)19-9)102(68-76)98-55-37-42-75(15-5)93(98)20-10)63-81(65-78)105-100-60-57-88(108(85-47-29-23-30-48-85)86-49-31-24-32-50-86)70-104(100)106(101-61-58-87(69-103(101)105)107(83-43-25-21-26-44-83)84-45-27-22-28-46-84)82-66-79(95-52-34-39-72(12-2)90(95)17-7)64-80(67-82)96-53-35-40-73(13-3)91(96)18-8/h1-10,21-70H. The molecule has 494 valence electrons. The van der Waals surface area contributed by atoms with Crippen molar-refractivity contribution in [1.29, 1.82) is 0 Å². The molecule has 0 aliphatic rings. The van der Waals surface area contributed by atoms with Crippen molar-refractivity contribution in [3.8, 4) is 212 Å². The normalized spacial score (nSPS) is 10.5. The van der Waals surface area contributed by atoms with E-state index in [1.807, 2.05) is 115 Å². The Morgan fingerprint density at radius 2 is 0.454 bits per heavy atom. The zero-order valence-electron chi connectivity index (χ0n) is 58.5. The van der Waals surface area contributed by atoms with E-state index in [1.54, 1.807) is 0 Å². The van der Waals surface area contributed by atoms with Crippen LogP contribution in [0.5, 0.6) is 0 Å². The van der Waals surface area contributed by atoms with E-state index in [9.17, 15) is 0 Å². The van der Waals surface area contributed by atoms with Gasteiger partial charge in [-0.15, -0.1) is 64.2 Å². The van der Waals surface area contributed by atoms with Crippen molar-refractivity contribution in [2.45, 2.75) is 0 Å². The Labute approximate surface area is 632 Å². The SMILES string of the molecule is C#Cc1cccc(-c2cc(-c3ccc(-c4cccc(C#C)c4C#C)c(-c4cccc(C#C)c4C#C)c3)cc(-c3c4ccc(N(c5ccccc5)c5ccccc5)cc4c(-c4cc(-c5cccc(C#C)c5C#C)cc(-c5cccc(C#C)c5C#C)c4)c4ccc(N(c5ccccc5)c5ccccc5)cc34)c2)c1C#C. The van der Waals surface area contributed by atoms with E-state index in [-0.39, 0.29) is 0 Å². The Bertz CT molecular complexity index is 6480. The predicted octanol–water partition coefficient (Wildman–Crippen LogP) is 24.1. The molecule has 0 heterocycles. The molecule has 0 bridgehead atoms. The van der Waals surface area contributed by atoms with Gasteiger partial charge in [-0.2, -0.15) is 0 Å². The third-order valence-electron chi connectivity index (χ3n) is 19.8. The third-order valence-corrected chi connectivity index (χ3v) is 19.8. The summed E-state index contributed by atoms with van der Waals surface area (Å²) in [6, 6.07) is 104. The number of hydrogen-bond donors (Lipinski definition) is 0. The molecule has 0 saturated carbocycles. The number of nitrogens with zero attached hydrogens (tertiary/aromatic N) is 2. The van der Waals surface area contributed by atoms with Crippen molar-refractivity contribution in [3.05, 3.63) is 359 Å². The van der Waals surface area contributed by atoms with Crippen LogP contribution in [-0.4, -0.2) is 0 Å². The van der Waals surface area contributed by atoms with Gasteiger partial charge in [-0.05, 0) is 256 Å². The van der Waals surface area contributed by atoms with Crippen LogP contribution in [0.1, 0.15) is 55.6 Å². The molecule has 0 aliphatic carbocycles. The molecule has 15 aromatic carbocycles. The Morgan fingerprint density at radius 1 is 0.167 bits per heavy atom. The summed E-state index contributed by atoms with van der Waals surface area (Å²) in [5.41, 5.74) is 24.2. The lowest BCUT2D eigenvalue weighted by Crippen LogP contribution is -2.10. The van der Waals surface area contributed by atoms with Crippen LogP contribution in [0.15, 0.2) is 303 Å². The van der Waals surface area contributed by atoms with Crippen LogP contribution >= 0.6 is 0 Å². The second kappa shape index (κ2) is 29.5. The van der Waals surface area contributed by atoms with Crippen molar-refractivity contribution >= 4 is 55.7 Å². The van der Waals surface area contributed by atoms with E-state index >= 15 is 0 Å². The number of para-hydroxylation sites is 4. The molecule has 0 saturated heterocycles. The van der Waals surface area contributed by atoms with Crippen molar-refractivity contribution in [3.63, 3.8) is 0 Å². The maximum atomic E-state index is 6.61. The number of anilines is 6. The van der Waals surface area contributed by atoms with E-state index in [0.717, 1.165) is 145 Å². The van der Waals surface area contributed by atoms with Gasteiger partial charge in [-0.25, -0.2) is 0 Å². The summed E-state index contributed by atoms with van der Waals surface area (Å²) >= 11 is 0. The van der Waals surface area contributed by atoms with Gasteiger partial charge in [-0.1, -0.05) is 217 Å². The fraction of sp³-hybridized carbons (Fsp3) is 0. The number of fused-ring (bicyclic) bond motifs is 2. The summed E-state index contributed by atoms with van der Waals surface area (Å²) in [5, 5.41) is 3.62. The van der Waals surface area contributed by atoms with Crippen molar-refractivity contribution in [1.82, 2.24) is 0 Å². The predicted molar refractivity (Wildman–Crippen MR) is 454 cm³/mol. The largest absolute Gasteiger partial charge is 0.310 e. The summed E-state index contributed by atoms with van der Waals surface area (Å²) < 4.78 is 0. The van der Waals surface area contributed by atoms with Gasteiger partial charge >= 0.3 is 0 Å². The highest BCUT2D eigenvalue weighted by Crippen LogP contribution is 2.52. The maximum Gasteiger partial charge on any atom is 0.0477 e. The van der Waals surface area contributed by atoms with Crippen molar-refractivity contribution in [2.75, 3.05) is 9.80 Å². The lowest BCUT2D eigenvalue weighted by atomic mass is 9.81. The van der Waals surface area contributed by atoms with Gasteiger partial charge in [0.25, 0.3) is 0 Å². The van der Waals surface area contributed by atoms with E-state index in [2.05, 4.69) is 257 Å². The van der Waals surface area contributed by atoms with Crippen molar-refractivity contribution in [2.24, 2.45) is 0 Å². The van der Waals surface area contributed by atoms with Crippen molar-refractivity contribution < 1.29 is 0 Å². The van der Waals surface area contributed by atoms with Gasteiger partial charge in [-0.3, -0.25) is 0 Å². The minimum absolute atomic E-state index is 0.548. The van der Waals surface area contributed by atoms with Crippen LogP contribution in [0.4, 0.5) is 34.1 Å². The molecule has 0 atom stereocenters. The van der Waals surface area contributed by atoms with Gasteiger partial charge in [0, 0.05) is 89.8 Å². The first kappa shape index (κ1) is 67.8. The van der Waals surface area contributed by atoms with Gasteiger partial charge in [0.2, 0.25) is 0 Å². The lowest BCUT2D eigenvalue weighted by molar-refractivity contribution is 1.29. The van der Waals surface area contributed by atoms with Crippen LogP contribution < -0.4 is 9.80 Å². The molecule has 2 heteroatoms. The Morgan fingerprint density at radius 3 is 0.778 bits per heavy atom. The van der Waals surface area contributed by atoms with Gasteiger partial charge in [0.1, 0.15) is 0 Å². The second-order valence-corrected chi connectivity index (χ2v) is 25.7. The summed E-state index contributed by atoms with van der Waals surface area (Å²) in [7, 11) is 0. The smallest absolute Gasteiger partial charge is 0.0477 e. The summed E-state index contributed by atoms with van der Waals surface area (Å²) in [6.07, 6.45) is 63.8. The van der Waals surface area contributed by atoms with Crippen LogP contribution in [-0.2, 0) is 0 Å². The highest BCUT2D eigenvalue weighted by molar-refractivity contribution is 6.23. The Balaban J connectivity index is 1.14. The number of terminal acetylenes is 10. The quantitative estimate of drug-likeness (QED) is 0.0791. The number of rotatable bonds is 14. The van der Waals surface area contributed by atoms with Crippen LogP contribution in [0.3, 0.4) is 0 Å². The summed E-state index contributed by atoms with van der Waals surface area (Å²) in [4.78, 5) is 4.57. The molecule has 0 aliphatic heterocycles. The van der Waals surface area contributed by atoms with E-state index in [1.165, 1.54) is 0 Å². The molecular weight excluding hydrogens is 1300 g/mol. The molecule has 15 aromatic rings. The molecule has 0 unspecified atom stereocenters. The fourth-order valence-corrected chi connectivity index (χ4v) is 15.0. The third kappa shape index (κ3) is 12.3. The van der Waals surface area contributed by atoms with Crippen LogP contribution in [0.25, 0.3) is 111 Å². The molecule has 0 amide bonds. The Hall–Kier alpha value is -16.0. The van der Waals surface area contributed by atoms with E-state index in [4.69, 9.17) is 64.2 Å². The monoisotopic (exact) mass is 1360 g/mol. The highest BCUT2D eigenvalue weighted by Gasteiger charge is 2.27. The molecule has 0 N–H and O–H groups in total. The van der Waals surface area contributed by atoms with Crippen LogP contribution in [0.2, 0.25) is 0 Å². The average Bonchev–Trinajstić information content (AvgIpc) is 0.717. The topological polar surface area (TPSA) is 6.48 Å². The van der Waals surface area contributed by atoms with E-state index < -0.39 is 0 Å². The second-order valence-electron chi connectivity index (χ2n) is 25.7. The fourth-order valence-electron chi connectivity index (χ4n) is 15.0. The van der Waals surface area contributed by atoms with Gasteiger partial charge in [0.05, 0.1) is 0 Å². The Kier molecular flexibility index (Phi) is 18.6. The first-order valence-corrected chi connectivity index (χ1v) is 34.8. The average molecular weight is 1360 g/mol. The van der Waals surface area contributed by atoms with Gasteiger partial charge < -0.3 is 9.80 Å². The zero-order valence-corrected chi connectivity index (χ0v) is 58.5. The van der Waals surface area contributed by atoms with Crippen LogP contribution in [0, 0.1) is 123 Å². The molecule has 108 heavy (non-hydrogen) atoms. The van der Waals surface area contributed by atoms with E-state index in [0.29, 0.717) is 55.6 Å². The molecule has 0 spiro atoms. The lowest BCUT2D eigenvalue weighted by Gasteiger charge is -2.28. The molecule has 0 radical (unpaired) electrons. The molecular formula is C106H60N2. The molecule has 0 fully saturated rings. The first-order valence-electron chi connectivity index (χ1n) is 34.8. The summed E-state index contributed by atoms with van der Waals surface area (Å²) in [5.74, 6) is 29.1. The summed E-state index contributed by atoms with van der Waals surface area (Å²) in [6.45, 7) is 0. The zero-order chi connectivity index (χ0) is 74.4.